The predicted octanol–water partition coefficient (Wildman–Crippen LogP) is 2.30. The number of fused-ring (bicyclic) bond motifs is 1. The fourth-order valence-corrected chi connectivity index (χ4v) is 3.43. The van der Waals surface area contributed by atoms with Gasteiger partial charge >= 0.3 is 11.7 Å². The second-order valence-corrected chi connectivity index (χ2v) is 7.81. The summed E-state index contributed by atoms with van der Waals surface area (Å²) in [4.78, 5) is 23.9. The van der Waals surface area contributed by atoms with Crippen molar-refractivity contribution in [3.63, 3.8) is 0 Å². The topological polar surface area (TPSA) is 141 Å². The number of nitrogens with one attached hydrogen (secondary N) is 2. The maximum Gasteiger partial charge on any atom is 0.412 e. The van der Waals surface area contributed by atoms with Gasteiger partial charge in [-0.2, -0.15) is 8.42 Å². The van der Waals surface area contributed by atoms with Gasteiger partial charge in [0, 0.05) is 30.5 Å². The van der Waals surface area contributed by atoms with Crippen molar-refractivity contribution in [3.8, 4) is 5.75 Å². The van der Waals surface area contributed by atoms with Crippen molar-refractivity contribution in [1.82, 2.24) is 5.32 Å². The quantitative estimate of drug-likeness (QED) is 0.507. The summed E-state index contributed by atoms with van der Waals surface area (Å²) in [5.41, 5.74) is -0.879. The molecule has 0 aliphatic rings. The van der Waals surface area contributed by atoms with E-state index in [4.69, 9.17) is 14.3 Å². The number of hydrogen-bond acceptors (Lipinski definition) is 6. The first-order valence-electron chi connectivity index (χ1n) is 8.73. The Bertz CT molecular complexity index is 1350. The second-order valence-electron chi connectivity index (χ2n) is 6.51. The summed E-state index contributed by atoms with van der Waals surface area (Å²) in [6, 6.07) is 6.00. The Balaban J connectivity index is 2.06. The number of anilines is 1. The van der Waals surface area contributed by atoms with Crippen molar-refractivity contribution in [2.75, 3.05) is 11.8 Å². The molecule has 0 saturated heterocycles. The zero-order valence-corrected chi connectivity index (χ0v) is 17.1. The average molecular weight is 453 g/mol. The van der Waals surface area contributed by atoms with Crippen LogP contribution in [-0.4, -0.2) is 21.6 Å². The summed E-state index contributed by atoms with van der Waals surface area (Å²) in [6.07, 6.45) is -1.16. The molecule has 31 heavy (non-hydrogen) atoms. The van der Waals surface area contributed by atoms with E-state index in [0.29, 0.717) is 5.56 Å². The van der Waals surface area contributed by atoms with Crippen LogP contribution in [0.15, 0.2) is 39.5 Å². The van der Waals surface area contributed by atoms with Crippen molar-refractivity contribution in [2.45, 2.75) is 13.3 Å². The molecule has 1 aromatic heterocycles. The third-order valence-corrected chi connectivity index (χ3v) is 4.95. The van der Waals surface area contributed by atoms with Gasteiger partial charge in [-0.1, -0.05) is 12.1 Å². The maximum absolute atomic E-state index is 14.7. The Morgan fingerprint density at radius 1 is 1.26 bits per heavy atom. The minimum atomic E-state index is -4.21. The SMILES string of the molecule is CNC(=O)Oc1cc2oc(=O)c(Cc3cccc(NS(N)(=O)=O)c3F)c(C)c2cc1F. The molecule has 12 heteroatoms. The molecule has 1 heterocycles. The van der Waals surface area contributed by atoms with Gasteiger partial charge in [0.2, 0.25) is 0 Å². The van der Waals surface area contributed by atoms with Crippen molar-refractivity contribution < 1.29 is 31.1 Å². The number of benzene rings is 2. The van der Waals surface area contributed by atoms with E-state index in [0.717, 1.165) is 12.1 Å². The van der Waals surface area contributed by atoms with Crippen molar-refractivity contribution in [3.05, 3.63) is 69.1 Å². The summed E-state index contributed by atoms with van der Waals surface area (Å²) in [6.45, 7) is 1.53. The average Bonchev–Trinajstić information content (AvgIpc) is 2.68. The molecule has 0 radical (unpaired) electrons. The normalized spacial score (nSPS) is 11.4. The number of amides is 1. The first-order chi connectivity index (χ1) is 14.5. The van der Waals surface area contributed by atoms with E-state index in [2.05, 4.69) is 5.32 Å². The van der Waals surface area contributed by atoms with Crippen molar-refractivity contribution in [1.29, 1.82) is 0 Å². The molecular formula is C19H17F2N3O6S. The summed E-state index contributed by atoms with van der Waals surface area (Å²) < 4.78 is 63.3. The lowest BCUT2D eigenvalue weighted by atomic mass is 9.99. The van der Waals surface area contributed by atoms with Crippen LogP contribution in [0.1, 0.15) is 16.7 Å². The number of hydrogen-bond donors (Lipinski definition) is 3. The highest BCUT2D eigenvalue weighted by Crippen LogP contribution is 2.29. The molecule has 0 atom stereocenters. The van der Waals surface area contributed by atoms with Gasteiger partial charge in [-0.25, -0.2) is 23.5 Å². The Labute approximate surface area is 175 Å². The number of nitrogens with two attached hydrogens (primary N) is 1. The molecule has 3 aromatic rings. The Hall–Kier alpha value is -3.51. The van der Waals surface area contributed by atoms with Crippen LogP contribution in [0.3, 0.4) is 0 Å². The molecule has 0 aliphatic carbocycles. The molecule has 164 valence electrons. The van der Waals surface area contributed by atoms with Crippen LogP contribution < -0.4 is 25.5 Å². The molecule has 0 aliphatic heterocycles. The number of aryl methyl sites for hydroxylation is 1. The molecule has 0 spiro atoms. The van der Waals surface area contributed by atoms with E-state index in [1.807, 2.05) is 4.72 Å². The monoisotopic (exact) mass is 453 g/mol. The van der Waals surface area contributed by atoms with Crippen LogP contribution in [-0.2, 0) is 16.6 Å². The van der Waals surface area contributed by atoms with E-state index >= 15 is 0 Å². The summed E-state index contributed by atoms with van der Waals surface area (Å²) in [5.74, 6) is -2.23. The smallest absolute Gasteiger partial charge is 0.412 e. The van der Waals surface area contributed by atoms with E-state index in [-0.39, 0.29) is 34.2 Å². The highest BCUT2D eigenvalue weighted by Gasteiger charge is 2.19. The highest BCUT2D eigenvalue weighted by atomic mass is 32.2. The van der Waals surface area contributed by atoms with Gasteiger partial charge < -0.3 is 14.5 Å². The van der Waals surface area contributed by atoms with Crippen LogP contribution in [0.4, 0.5) is 19.3 Å². The number of carbonyl (C=O) groups is 1. The molecule has 0 saturated carbocycles. The van der Waals surface area contributed by atoms with Crippen LogP contribution in [0.25, 0.3) is 11.0 Å². The minimum absolute atomic E-state index is 0.0107. The van der Waals surface area contributed by atoms with Crippen LogP contribution >= 0.6 is 0 Å². The Morgan fingerprint density at radius 2 is 1.97 bits per heavy atom. The van der Waals surface area contributed by atoms with Crippen molar-refractivity contribution in [2.24, 2.45) is 5.14 Å². The van der Waals surface area contributed by atoms with Gasteiger partial charge in [-0.3, -0.25) is 4.72 Å². The number of halogens is 2. The third kappa shape index (κ3) is 4.81. The van der Waals surface area contributed by atoms with Crippen LogP contribution in [0, 0.1) is 18.6 Å². The molecule has 4 N–H and O–H groups in total. The zero-order valence-electron chi connectivity index (χ0n) is 16.3. The minimum Gasteiger partial charge on any atom is -0.422 e. The maximum atomic E-state index is 14.7. The Morgan fingerprint density at radius 3 is 2.61 bits per heavy atom. The third-order valence-electron chi connectivity index (χ3n) is 4.44. The number of rotatable bonds is 5. The second kappa shape index (κ2) is 8.32. The zero-order chi connectivity index (χ0) is 22.9. The van der Waals surface area contributed by atoms with Gasteiger partial charge in [-0.15, -0.1) is 0 Å². The predicted molar refractivity (Wildman–Crippen MR) is 108 cm³/mol. The molecule has 3 rings (SSSR count). The number of ether oxygens (including phenoxy) is 1. The van der Waals surface area contributed by atoms with Crippen molar-refractivity contribution >= 4 is 33.0 Å². The molecule has 2 aromatic carbocycles. The number of carbonyl (C=O) groups excluding carboxylic acids is 1. The molecule has 0 unspecified atom stereocenters. The van der Waals surface area contributed by atoms with E-state index < -0.39 is 39.3 Å². The fraction of sp³-hybridized carbons (Fsp3) is 0.158. The van der Waals surface area contributed by atoms with E-state index in [9.17, 15) is 26.8 Å². The summed E-state index contributed by atoms with van der Waals surface area (Å²) in [5, 5.41) is 7.26. The highest BCUT2D eigenvalue weighted by molar-refractivity contribution is 7.90. The van der Waals surface area contributed by atoms with Gasteiger partial charge in [0.1, 0.15) is 5.58 Å². The lowest BCUT2D eigenvalue weighted by molar-refractivity contribution is 0.201. The standard InChI is InChI=1S/C19H17F2N3O6S/c1-9-11-7-13(20)16(30-19(26)23-2)8-15(11)29-18(25)12(9)6-10-4-3-5-14(17(10)21)24-31(22,27)28/h3-5,7-8,24H,6H2,1-2H3,(H,23,26)(H2,22,27,28). The molecule has 1 amide bonds. The van der Waals surface area contributed by atoms with E-state index in [1.165, 1.54) is 32.2 Å². The van der Waals surface area contributed by atoms with E-state index in [1.54, 1.807) is 0 Å². The molecule has 0 bridgehead atoms. The first kappa shape index (κ1) is 22.2. The largest absolute Gasteiger partial charge is 0.422 e. The molecular weight excluding hydrogens is 436 g/mol. The lowest BCUT2D eigenvalue weighted by Crippen LogP contribution is -2.22. The Kier molecular flexibility index (Phi) is 5.95. The molecule has 0 fully saturated rings. The lowest BCUT2D eigenvalue weighted by Gasteiger charge is -2.12. The summed E-state index contributed by atoms with van der Waals surface area (Å²) >= 11 is 0. The van der Waals surface area contributed by atoms with Gasteiger partial charge in [0.25, 0.3) is 10.2 Å². The first-order valence-corrected chi connectivity index (χ1v) is 10.3. The summed E-state index contributed by atoms with van der Waals surface area (Å²) in [7, 11) is -2.91. The van der Waals surface area contributed by atoms with Gasteiger partial charge in [-0.05, 0) is 30.2 Å². The van der Waals surface area contributed by atoms with Gasteiger partial charge in [0.15, 0.2) is 17.4 Å². The van der Waals surface area contributed by atoms with Crippen LogP contribution in [0.5, 0.6) is 5.75 Å². The fourth-order valence-electron chi connectivity index (χ4n) is 2.96. The van der Waals surface area contributed by atoms with Crippen LogP contribution in [0.2, 0.25) is 0 Å². The molecule has 9 nitrogen and oxygen atoms in total. The van der Waals surface area contributed by atoms with Gasteiger partial charge in [0.05, 0.1) is 5.69 Å².